The van der Waals surface area contributed by atoms with Crippen LogP contribution in [0.1, 0.15) is 36.5 Å². The molecule has 0 aliphatic carbocycles. The molecule has 1 aromatic rings. The lowest BCUT2D eigenvalue weighted by molar-refractivity contribution is -0.136. The molecule has 0 saturated heterocycles. The van der Waals surface area contributed by atoms with E-state index in [0.717, 1.165) is 12.8 Å². The molecule has 0 atom stereocenters. The highest BCUT2D eigenvalue weighted by molar-refractivity contribution is 5.94. The van der Waals surface area contributed by atoms with Gasteiger partial charge in [0.25, 0.3) is 5.91 Å². The fourth-order valence-electron chi connectivity index (χ4n) is 1.45. The number of carboxylic acids is 1. The van der Waals surface area contributed by atoms with Crippen molar-refractivity contribution in [2.75, 3.05) is 13.2 Å². The second kappa shape index (κ2) is 8.13. The van der Waals surface area contributed by atoms with E-state index < -0.39 is 5.97 Å². The van der Waals surface area contributed by atoms with Crippen molar-refractivity contribution in [1.82, 2.24) is 5.32 Å². The molecule has 0 aliphatic rings. The molecule has 0 aliphatic heterocycles. The van der Waals surface area contributed by atoms with Crippen LogP contribution in [0.25, 0.3) is 0 Å². The Morgan fingerprint density at radius 1 is 1.37 bits per heavy atom. The molecule has 0 fully saturated rings. The Morgan fingerprint density at radius 2 is 2.16 bits per heavy atom. The summed E-state index contributed by atoms with van der Waals surface area (Å²) in [5.41, 5.74) is 0.472. The Hall–Kier alpha value is -2.04. The van der Waals surface area contributed by atoms with Crippen LogP contribution < -0.4 is 10.1 Å². The largest absolute Gasteiger partial charge is 0.494 e. The van der Waals surface area contributed by atoms with Gasteiger partial charge in [-0.1, -0.05) is 19.4 Å². The van der Waals surface area contributed by atoms with Gasteiger partial charge in [-0.05, 0) is 24.6 Å². The van der Waals surface area contributed by atoms with Crippen molar-refractivity contribution in [3.8, 4) is 5.75 Å². The summed E-state index contributed by atoms with van der Waals surface area (Å²) in [6.07, 6.45) is 1.93. The first-order chi connectivity index (χ1) is 9.13. The number of carboxylic acid groups (broad SMARTS) is 1. The molecule has 0 aromatic heterocycles. The van der Waals surface area contributed by atoms with Gasteiger partial charge >= 0.3 is 5.97 Å². The Bertz CT molecular complexity index is 431. The van der Waals surface area contributed by atoms with Crippen molar-refractivity contribution in [3.63, 3.8) is 0 Å². The zero-order valence-corrected chi connectivity index (χ0v) is 11.0. The minimum Gasteiger partial charge on any atom is -0.494 e. The maximum Gasteiger partial charge on any atom is 0.305 e. The van der Waals surface area contributed by atoms with Gasteiger partial charge in [0.1, 0.15) is 5.75 Å². The molecule has 0 radical (unpaired) electrons. The van der Waals surface area contributed by atoms with E-state index in [9.17, 15) is 9.59 Å². The molecule has 0 heterocycles. The number of rotatable bonds is 8. The average Bonchev–Trinajstić information content (AvgIpc) is 2.39. The van der Waals surface area contributed by atoms with Crippen molar-refractivity contribution >= 4 is 11.9 Å². The summed E-state index contributed by atoms with van der Waals surface area (Å²) in [5.74, 6) is -0.571. The molecule has 0 spiro atoms. The Labute approximate surface area is 112 Å². The maximum absolute atomic E-state index is 11.7. The minimum atomic E-state index is -0.933. The summed E-state index contributed by atoms with van der Waals surface area (Å²) in [6.45, 7) is 2.82. The summed E-state index contributed by atoms with van der Waals surface area (Å²) in [7, 11) is 0. The average molecular weight is 265 g/mol. The van der Waals surface area contributed by atoms with Crippen molar-refractivity contribution in [2.24, 2.45) is 0 Å². The Kier molecular flexibility index (Phi) is 6.43. The number of amides is 1. The maximum atomic E-state index is 11.7. The van der Waals surface area contributed by atoms with Crippen LogP contribution >= 0.6 is 0 Å². The smallest absolute Gasteiger partial charge is 0.305 e. The van der Waals surface area contributed by atoms with Crippen LogP contribution in [-0.2, 0) is 4.79 Å². The number of unbranched alkanes of at least 4 members (excludes halogenated alkanes) is 1. The first-order valence-corrected chi connectivity index (χ1v) is 6.36. The van der Waals surface area contributed by atoms with Gasteiger partial charge in [0.2, 0.25) is 0 Å². The highest BCUT2D eigenvalue weighted by Gasteiger charge is 2.07. The molecule has 1 aromatic carbocycles. The van der Waals surface area contributed by atoms with Crippen molar-refractivity contribution in [3.05, 3.63) is 29.8 Å². The van der Waals surface area contributed by atoms with E-state index in [2.05, 4.69) is 12.2 Å². The van der Waals surface area contributed by atoms with Crippen LogP contribution in [0.15, 0.2) is 24.3 Å². The third-order valence-electron chi connectivity index (χ3n) is 2.49. The predicted octanol–water partition coefficient (Wildman–Crippen LogP) is 2.07. The fourth-order valence-corrected chi connectivity index (χ4v) is 1.45. The van der Waals surface area contributed by atoms with Crippen LogP contribution in [0.5, 0.6) is 5.75 Å². The zero-order chi connectivity index (χ0) is 14.1. The van der Waals surface area contributed by atoms with E-state index in [0.29, 0.717) is 17.9 Å². The molecule has 1 amide bonds. The minimum absolute atomic E-state index is 0.0849. The number of aliphatic carboxylic acids is 1. The van der Waals surface area contributed by atoms with Gasteiger partial charge in [-0.3, -0.25) is 9.59 Å². The predicted molar refractivity (Wildman–Crippen MR) is 71.4 cm³/mol. The van der Waals surface area contributed by atoms with Gasteiger partial charge in [0.15, 0.2) is 0 Å². The topological polar surface area (TPSA) is 75.6 Å². The van der Waals surface area contributed by atoms with Gasteiger partial charge in [-0.25, -0.2) is 0 Å². The van der Waals surface area contributed by atoms with Crippen LogP contribution in [0.4, 0.5) is 0 Å². The van der Waals surface area contributed by atoms with Gasteiger partial charge in [-0.2, -0.15) is 0 Å². The van der Waals surface area contributed by atoms with Gasteiger partial charge < -0.3 is 15.2 Å². The highest BCUT2D eigenvalue weighted by Crippen LogP contribution is 2.13. The molecular weight excluding hydrogens is 246 g/mol. The third kappa shape index (κ3) is 5.90. The van der Waals surface area contributed by atoms with Gasteiger partial charge in [-0.15, -0.1) is 0 Å². The number of carbonyl (C=O) groups excluding carboxylic acids is 1. The number of hydrogen-bond acceptors (Lipinski definition) is 3. The molecule has 1 rings (SSSR count). The van der Waals surface area contributed by atoms with E-state index in [1.807, 2.05) is 0 Å². The first-order valence-electron chi connectivity index (χ1n) is 6.36. The SMILES string of the molecule is CCCCOc1cccc(C(=O)NCCC(=O)O)c1. The lowest BCUT2D eigenvalue weighted by Crippen LogP contribution is -2.25. The lowest BCUT2D eigenvalue weighted by Gasteiger charge is -2.07. The fraction of sp³-hybridized carbons (Fsp3) is 0.429. The Balaban J connectivity index is 2.50. The monoisotopic (exact) mass is 265 g/mol. The number of benzene rings is 1. The van der Waals surface area contributed by atoms with Crippen LogP contribution in [0.3, 0.4) is 0 Å². The van der Waals surface area contributed by atoms with E-state index in [-0.39, 0.29) is 18.9 Å². The summed E-state index contributed by atoms with van der Waals surface area (Å²) in [4.78, 5) is 22.1. The van der Waals surface area contributed by atoms with E-state index in [1.54, 1.807) is 24.3 Å². The molecule has 0 saturated carbocycles. The van der Waals surface area contributed by atoms with Gasteiger partial charge in [0, 0.05) is 12.1 Å². The quantitative estimate of drug-likeness (QED) is 0.705. The van der Waals surface area contributed by atoms with E-state index in [4.69, 9.17) is 9.84 Å². The van der Waals surface area contributed by atoms with Crippen LogP contribution in [0.2, 0.25) is 0 Å². The molecule has 5 heteroatoms. The summed E-state index contributed by atoms with van der Waals surface area (Å²) in [5, 5.41) is 11.0. The van der Waals surface area contributed by atoms with Crippen molar-refractivity contribution < 1.29 is 19.4 Å². The number of nitrogens with one attached hydrogen (secondary N) is 1. The van der Waals surface area contributed by atoms with E-state index in [1.165, 1.54) is 0 Å². The molecular formula is C14H19NO4. The molecule has 19 heavy (non-hydrogen) atoms. The summed E-state index contributed by atoms with van der Waals surface area (Å²) >= 11 is 0. The third-order valence-corrected chi connectivity index (χ3v) is 2.49. The normalized spacial score (nSPS) is 9.95. The Morgan fingerprint density at radius 3 is 2.84 bits per heavy atom. The first kappa shape index (κ1) is 15.0. The van der Waals surface area contributed by atoms with Gasteiger partial charge in [0.05, 0.1) is 13.0 Å². The molecule has 104 valence electrons. The number of ether oxygens (including phenoxy) is 1. The molecule has 2 N–H and O–H groups in total. The molecule has 0 unspecified atom stereocenters. The second-order valence-corrected chi connectivity index (χ2v) is 4.13. The number of carbonyl (C=O) groups is 2. The number of hydrogen-bond donors (Lipinski definition) is 2. The molecule has 0 bridgehead atoms. The van der Waals surface area contributed by atoms with Crippen LogP contribution in [0, 0.1) is 0 Å². The standard InChI is InChI=1S/C14H19NO4/c1-2-3-9-19-12-6-4-5-11(10-12)14(18)15-8-7-13(16)17/h4-6,10H,2-3,7-9H2,1H3,(H,15,18)(H,16,17). The summed E-state index contributed by atoms with van der Waals surface area (Å²) < 4.78 is 5.51. The van der Waals surface area contributed by atoms with Crippen molar-refractivity contribution in [2.45, 2.75) is 26.2 Å². The lowest BCUT2D eigenvalue weighted by atomic mass is 10.2. The van der Waals surface area contributed by atoms with Crippen LogP contribution in [-0.4, -0.2) is 30.1 Å². The molecule has 5 nitrogen and oxygen atoms in total. The van der Waals surface area contributed by atoms with E-state index >= 15 is 0 Å². The van der Waals surface area contributed by atoms with Crippen molar-refractivity contribution in [1.29, 1.82) is 0 Å². The summed E-state index contributed by atoms with van der Waals surface area (Å²) in [6, 6.07) is 6.87. The second-order valence-electron chi connectivity index (χ2n) is 4.13. The zero-order valence-electron chi connectivity index (χ0n) is 11.0. The highest BCUT2D eigenvalue weighted by atomic mass is 16.5.